The Morgan fingerprint density at radius 2 is 1.57 bits per heavy atom. The molecular formula is C29H50O. The number of fused-ring (bicyclic) bond motifs is 1. The average Bonchev–Trinajstić information content (AvgIpc) is 2.64. The minimum absolute atomic E-state index is 0.00445. The Labute approximate surface area is 188 Å². The molecule has 1 aromatic rings. The Bertz CT molecular complexity index is 669. The second-order valence-corrected chi connectivity index (χ2v) is 11.7. The van der Waals surface area contributed by atoms with Crippen molar-refractivity contribution in [1.82, 2.24) is 0 Å². The van der Waals surface area contributed by atoms with Crippen molar-refractivity contribution in [3.05, 3.63) is 28.3 Å². The maximum atomic E-state index is 6.68. The number of aryl methyl sites for hydroxylation is 2. The number of ether oxygens (including phenoxy) is 1. The molecule has 0 fully saturated rings. The lowest BCUT2D eigenvalue weighted by molar-refractivity contribution is 0.0492. The zero-order valence-corrected chi connectivity index (χ0v) is 21.5. The summed E-state index contributed by atoms with van der Waals surface area (Å²) in [5, 5.41) is 0. The van der Waals surface area contributed by atoms with Crippen LogP contribution in [0.15, 0.2) is 6.07 Å². The Morgan fingerprint density at radius 1 is 0.933 bits per heavy atom. The monoisotopic (exact) mass is 414 g/mol. The highest BCUT2D eigenvalue weighted by Crippen LogP contribution is 2.41. The van der Waals surface area contributed by atoms with Crippen LogP contribution in [0.5, 0.6) is 5.75 Å². The van der Waals surface area contributed by atoms with E-state index in [1.54, 1.807) is 0 Å². The first-order valence-corrected chi connectivity index (χ1v) is 12.8. The fraction of sp³-hybridized carbons (Fsp3) is 0.793. The van der Waals surface area contributed by atoms with Crippen molar-refractivity contribution in [2.24, 2.45) is 11.3 Å². The van der Waals surface area contributed by atoms with E-state index in [0.717, 1.165) is 12.3 Å². The van der Waals surface area contributed by atoms with Crippen LogP contribution in [0.2, 0.25) is 0 Å². The predicted octanol–water partition coefficient (Wildman–Crippen LogP) is 9.28. The first kappa shape index (κ1) is 25.3. The molecule has 0 spiro atoms. The van der Waals surface area contributed by atoms with E-state index < -0.39 is 0 Å². The van der Waals surface area contributed by atoms with Crippen molar-refractivity contribution in [2.75, 3.05) is 0 Å². The van der Waals surface area contributed by atoms with Crippen LogP contribution < -0.4 is 4.74 Å². The van der Waals surface area contributed by atoms with Crippen molar-refractivity contribution < 1.29 is 4.74 Å². The number of unbranched alkanes of at least 4 members (excludes halogenated alkanes) is 4. The molecule has 0 N–H and O–H groups in total. The molecule has 0 aliphatic carbocycles. The smallest absolute Gasteiger partial charge is 0.126 e. The maximum Gasteiger partial charge on any atom is 0.126 e. The van der Waals surface area contributed by atoms with E-state index in [-0.39, 0.29) is 5.60 Å². The summed E-state index contributed by atoms with van der Waals surface area (Å²) in [6, 6.07) is 2.33. The first-order chi connectivity index (χ1) is 14.0. The van der Waals surface area contributed by atoms with Crippen LogP contribution in [0.3, 0.4) is 0 Å². The quantitative estimate of drug-likeness (QED) is 0.310. The summed E-state index contributed by atoms with van der Waals surface area (Å²) in [5.41, 5.74) is 6.02. The van der Waals surface area contributed by atoms with Gasteiger partial charge in [-0.25, -0.2) is 0 Å². The van der Waals surface area contributed by atoms with Gasteiger partial charge in [0.05, 0.1) is 0 Å². The maximum absolute atomic E-state index is 6.68. The summed E-state index contributed by atoms with van der Waals surface area (Å²) in [4.78, 5) is 0. The topological polar surface area (TPSA) is 9.23 Å². The van der Waals surface area contributed by atoms with Gasteiger partial charge in [-0.3, -0.25) is 0 Å². The summed E-state index contributed by atoms with van der Waals surface area (Å²) in [5.74, 6) is 2.06. The lowest BCUT2D eigenvalue weighted by atomic mass is 9.79. The van der Waals surface area contributed by atoms with Crippen molar-refractivity contribution in [3.8, 4) is 5.75 Å². The molecule has 1 heteroatoms. The van der Waals surface area contributed by atoms with Crippen LogP contribution in [0, 0.1) is 32.1 Å². The molecule has 30 heavy (non-hydrogen) atoms. The predicted molar refractivity (Wildman–Crippen MR) is 133 cm³/mol. The number of hydrogen-bond donors (Lipinski definition) is 0. The van der Waals surface area contributed by atoms with Crippen LogP contribution in [0.25, 0.3) is 0 Å². The fourth-order valence-corrected chi connectivity index (χ4v) is 5.17. The molecule has 0 saturated carbocycles. The summed E-state index contributed by atoms with van der Waals surface area (Å²) in [6.45, 7) is 18.6. The van der Waals surface area contributed by atoms with E-state index in [9.17, 15) is 0 Å². The van der Waals surface area contributed by atoms with Gasteiger partial charge in [-0.1, -0.05) is 72.3 Å². The third-order valence-electron chi connectivity index (χ3n) is 7.56. The van der Waals surface area contributed by atoms with E-state index in [2.05, 4.69) is 61.5 Å². The van der Waals surface area contributed by atoms with Crippen molar-refractivity contribution >= 4 is 0 Å². The lowest BCUT2D eigenvalue weighted by Gasteiger charge is -2.38. The molecule has 1 aliphatic rings. The summed E-state index contributed by atoms with van der Waals surface area (Å²) >= 11 is 0. The van der Waals surface area contributed by atoms with Crippen molar-refractivity contribution in [3.63, 3.8) is 0 Å². The average molecular weight is 415 g/mol. The van der Waals surface area contributed by atoms with E-state index >= 15 is 0 Å². The zero-order valence-electron chi connectivity index (χ0n) is 21.5. The standard InChI is InChI=1S/C29H50O/c1-22(2)15-12-10-9-11-13-17-28(6,7)18-14-19-29(8)20-16-26-24(4)21-23(3)25(5)27(26)30-29/h21-22H,9-20H2,1-8H3. The van der Waals surface area contributed by atoms with Gasteiger partial charge < -0.3 is 4.74 Å². The normalized spacial score (nSPS) is 19.1. The van der Waals surface area contributed by atoms with E-state index in [4.69, 9.17) is 4.74 Å². The SMILES string of the molecule is Cc1cc(C)c2c(c1C)OC(C)(CCCC(C)(C)CCCCCCCC(C)C)CC2. The minimum atomic E-state index is 0.00445. The number of benzene rings is 1. The molecular weight excluding hydrogens is 364 g/mol. The Kier molecular flexibility index (Phi) is 9.32. The Balaban J connectivity index is 1.74. The van der Waals surface area contributed by atoms with E-state index in [1.807, 2.05) is 0 Å². The van der Waals surface area contributed by atoms with Crippen molar-refractivity contribution in [1.29, 1.82) is 0 Å². The molecule has 2 rings (SSSR count). The second-order valence-electron chi connectivity index (χ2n) is 11.7. The molecule has 0 radical (unpaired) electrons. The third-order valence-corrected chi connectivity index (χ3v) is 7.56. The molecule has 1 unspecified atom stereocenters. The molecule has 0 amide bonds. The van der Waals surface area contributed by atoms with Crippen molar-refractivity contribution in [2.45, 2.75) is 138 Å². The van der Waals surface area contributed by atoms with Crippen LogP contribution in [0.4, 0.5) is 0 Å². The molecule has 172 valence electrons. The fourth-order valence-electron chi connectivity index (χ4n) is 5.17. The van der Waals surface area contributed by atoms with Gasteiger partial charge in [0.1, 0.15) is 11.4 Å². The molecule has 1 aliphatic heterocycles. The largest absolute Gasteiger partial charge is 0.487 e. The summed E-state index contributed by atoms with van der Waals surface area (Å²) in [7, 11) is 0. The molecule has 0 aromatic heterocycles. The molecule has 1 nitrogen and oxygen atoms in total. The Hall–Kier alpha value is -0.980. The number of rotatable bonds is 12. The molecule has 0 bridgehead atoms. The van der Waals surface area contributed by atoms with E-state index in [1.165, 1.54) is 98.6 Å². The zero-order chi connectivity index (χ0) is 22.4. The van der Waals surface area contributed by atoms with Gasteiger partial charge in [0.2, 0.25) is 0 Å². The second kappa shape index (κ2) is 11.1. The highest BCUT2D eigenvalue weighted by Gasteiger charge is 2.33. The van der Waals surface area contributed by atoms with Gasteiger partial charge in [0.15, 0.2) is 0 Å². The van der Waals surface area contributed by atoms with Crippen LogP contribution >= 0.6 is 0 Å². The van der Waals surface area contributed by atoms with Gasteiger partial charge in [0, 0.05) is 0 Å². The highest BCUT2D eigenvalue weighted by molar-refractivity contribution is 5.51. The summed E-state index contributed by atoms with van der Waals surface area (Å²) in [6.07, 6.45) is 15.9. The summed E-state index contributed by atoms with van der Waals surface area (Å²) < 4.78 is 6.68. The third kappa shape index (κ3) is 7.61. The number of hydrogen-bond acceptors (Lipinski definition) is 1. The molecule has 1 aromatic carbocycles. The van der Waals surface area contributed by atoms with Crippen LogP contribution in [-0.2, 0) is 6.42 Å². The van der Waals surface area contributed by atoms with Gasteiger partial charge >= 0.3 is 0 Å². The van der Waals surface area contributed by atoms with Crippen LogP contribution in [0.1, 0.15) is 128 Å². The van der Waals surface area contributed by atoms with Gasteiger partial charge in [0.25, 0.3) is 0 Å². The molecule has 0 saturated heterocycles. The molecule has 1 heterocycles. The van der Waals surface area contributed by atoms with E-state index in [0.29, 0.717) is 5.41 Å². The first-order valence-electron chi connectivity index (χ1n) is 12.8. The minimum Gasteiger partial charge on any atom is -0.487 e. The van der Waals surface area contributed by atoms with Gasteiger partial charge in [-0.2, -0.15) is 0 Å². The van der Waals surface area contributed by atoms with Gasteiger partial charge in [-0.05, 0) is 99.8 Å². The van der Waals surface area contributed by atoms with Crippen LogP contribution in [-0.4, -0.2) is 5.60 Å². The Morgan fingerprint density at radius 3 is 2.27 bits per heavy atom. The molecule has 1 atom stereocenters. The highest BCUT2D eigenvalue weighted by atomic mass is 16.5. The lowest BCUT2D eigenvalue weighted by Crippen LogP contribution is -2.37. The van der Waals surface area contributed by atoms with Gasteiger partial charge in [-0.15, -0.1) is 0 Å².